The van der Waals surface area contributed by atoms with Gasteiger partial charge in [-0.3, -0.25) is 0 Å². The average Bonchev–Trinajstić information content (AvgIpc) is 2.59. The number of benzene rings is 1. The molecule has 0 amide bonds. The topological polar surface area (TPSA) is 26.7 Å². The maximum Gasteiger partial charge on any atom is 0.164 e. The quantitative estimate of drug-likeness (QED) is 0.707. The van der Waals surface area contributed by atoms with Crippen LogP contribution in [0, 0.1) is 0 Å². The summed E-state index contributed by atoms with van der Waals surface area (Å²) in [5, 5.41) is 10.1. The lowest BCUT2D eigenvalue weighted by atomic mass is 10.2. The Hall–Kier alpha value is -1.90. The fourth-order valence-corrected chi connectivity index (χ4v) is 1.65. The molecule has 3 heteroatoms. The van der Waals surface area contributed by atoms with Gasteiger partial charge in [-0.1, -0.05) is 30.3 Å². The standard InChI is InChI=1S/C12H14N2O/c1-13-8-9-14(2)12(13)11(15)10-6-4-3-5-7-10/h3-9,15H,1-2H3. The van der Waals surface area contributed by atoms with E-state index in [-0.39, 0.29) is 0 Å². The Morgan fingerprint density at radius 1 is 1.00 bits per heavy atom. The highest BCUT2D eigenvalue weighted by molar-refractivity contribution is 5.61. The van der Waals surface area contributed by atoms with E-state index in [2.05, 4.69) is 0 Å². The second kappa shape index (κ2) is 3.69. The predicted molar refractivity (Wildman–Crippen MR) is 60.7 cm³/mol. The highest BCUT2D eigenvalue weighted by atomic mass is 16.3. The van der Waals surface area contributed by atoms with Crippen LogP contribution < -0.4 is 0 Å². The van der Waals surface area contributed by atoms with Crippen molar-refractivity contribution in [2.75, 3.05) is 14.1 Å². The molecule has 3 nitrogen and oxygen atoms in total. The van der Waals surface area contributed by atoms with E-state index in [4.69, 9.17) is 0 Å². The Balaban J connectivity index is 2.42. The monoisotopic (exact) mass is 202 g/mol. The van der Waals surface area contributed by atoms with Gasteiger partial charge < -0.3 is 14.9 Å². The first-order valence-corrected chi connectivity index (χ1v) is 4.83. The lowest BCUT2D eigenvalue weighted by Crippen LogP contribution is -2.18. The molecule has 1 aliphatic heterocycles. The Labute approximate surface area is 89.5 Å². The summed E-state index contributed by atoms with van der Waals surface area (Å²) in [7, 11) is 3.82. The van der Waals surface area contributed by atoms with Crippen LogP contribution in [-0.2, 0) is 0 Å². The number of aliphatic hydroxyl groups excluding tert-OH is 1. The van der Waals surface area contributed by atoms with Gasteiger partial charge in [-0.15, -0.1) is 0 Å². The number of aliphatic hydroxyl groups is 1. The molecule has 0 aliphatic carbocycles. The van der Waals surface area contributed by atoms with E-state index in [1.54, 1.807) is 0 Å². The molecule has 78 valence electrons. The third kappa shape index (κ3) is 1.68. The smallest absolute Gasteiger partial charge is 0.164 e. The van der Waals surface area contributed by atoms with Crippen molar-refractivity contribution in [3.8, 4) is 0 Å². The molecule has 1 aromatic rings. The molecule has 0 radical (unpaired) electrons. The Morgan fingerprint density at radius 3 is 2.07 bits per heavy atom. The van der Waals surface area contributed by atoms with E-state index in [0.717, 1.165) is 11.4 Å². The molecule has 0 atom stereocenters. The van der Waals surface area contributed by atoms with E-state index >= 15 is 0 Å². The van der Waals surface area contributed by atoms with E-state index in [1.807, 2.05) is 66.6 Å². The molecular formula is C12H14N2O. The Bertz CT molecular complexity index is 395. The van der Waals surface area contributed by atoms with Gasteiger partial charge in [0.2, 0.25) is 0 Å². The second-order valence-electron chi connectivity index (χ2n) is 3.56. The highest BCUT2D eigenvalue weighted by Gasteiger charge is 2.18. The first-order valence-electron chi connectivity index (χ1n) is 4.83. The molecule has 0 spiro atoms. The second-order valence-corrected chi connectivity index (χ2v) is 3.56. The molecule has 0 bridgehead atoms. The molecule has 1 heterocycles. The minimum Gasteiger partial charge on any atom is -0.504 e. The zero-order valence-corrected chi connectivity index (χ0v) is 8.88. The third-order valence-corrected chi connectivity index (χ3v) is 2.44. The van der Waals surface area contributed by atoms with Crippen molar-refractivity contribution in [3.63, 3.8) is 0 Å². The summed E-state index contributed by atoms with van der Waals surface area (Å²) >= 11 is 0. The van der Waals surface area contributed by atoms with Gasteiger partial charge in [-0.25, -0.2) is 0 Å². The summed E-state index contributed by atoms with van der Waals surface area (Å²) in [5.74, 6) is 1.09. The predicted octanol–water partition coefficient (Wildman–Crippen LogP) is 2.22. The first kappa shape index (κ1) is 9.65. The van der Waals surface area contributed by atoms with Crippen LogP contribution >= 0.6 is 0 Å². The van der Waals surface area contributed by atoms with Crippen LogP contribution in [0.5, 0.6) is 0 Å². The summed E-state index contributed by atoms with van der Waals surface area (Å²) < 4.78 is 0. The summed E-state index contributed by atoms with van der Waals surface area (Å²) in [4.78, 5) is 3.78. The first-order chi connectivity index (χ1) is 7.20. The van der Waals surface area contributed by atoms with Crippen molar-refractivity contribution < 1.29 is 5.11 Å². The highest BCUT2D eigenvalue weighted by Crippen LogP contribution is 2.24. The minimum absolute atomic E-state index is 0.297. The zero-order chi connectivity index (χ0) is 10.8. The zero-order valence-electron chi connectivity index (χ0n) is 8.88. The van der Waals surface area contributed by atoms with Crippen molar-refractivity contribution in [3.05, 3.63) is 54.1 Å². The SMILES string of the molecule is CN1C=CN(C)C1=C(O)c1ccccc1. The van der Waals surface area contributed by atoms with E-state index < -0.39 is 0 Å². The fraction of sp³-hybridized carbons (Fsp3) is 0.167. The van der Waals surface area contributed by atoms with Crippen LogP contribution in [0.3, 0.4) is 0 Å². The van der Waals surface area contributed by atoms with Gasteiger partial charge in [0.25, 0.3) is 0 Å². The van der Waals surface area contributed by atoms with Crippen molar-refractivity contribution in [2.45, 2.75) is 0 Å². The maximum atomic E-state index is 10.1. The van der Waals surface area contributed by atoms with E-state index in [1.165, 1.54) is 0 Å². The van der Waals surface area contributed by atoms with Crippen molar-refractivity contribution >= 4 is 5.76 Å². The van der Waals surface area contributed by atoms with E-state index in [9.17, 15) is 5.11 Å². The lowest BCUT2D eigenvalue weighted by Gasteiger charge is -2.19. The third-order valence-electron chi connectivity index (χ3n) is 2.44. The van der Waals surface area contributed by atoms with Gasteiger partial charge in [0.05, 0.1) is 0 Å². The molecule has 0 saturated carbocycles. The van der Waals surface area contributed by atoms with Crippen LogP contribution in [0.15, 0.2) is 48.6 Å². The lowest BCUT2D eigenvalue weighted by molar-refractivity contribution is 0.404. The van der Waals surface area contributed by atoms with Gasteiger partial charge in [0.1, 0.15) is 0 Å². The van der Waals surface area contributed by atoms with Crippen LogP contribution in [0.25, 0.3) is 5.76 Å². The minimum atomic E-state index is 0.297. The molecule has 0 unspecified atom stereocenters. The van der Waals surface area contributed by atoms with Crippen LogP contribution in [0.1, 0.15) is 5.56 Å². The summed E-state index contributed by atoms with van der Waals surface area (Å²) in [5.41, 5.74) is 0.829. The van der Waals surface area contributed by atoms with Crippen molar-refractivity contribution in [1.82, 2.24) is 9.80 Å². The Morgan fingerprint density at radius 2 is 1.53 bits per heavy atom. The molecule has 1 aromatic carbocycles. The van der Waals surface area contributed by atoms with Gasteiger partial charge in [0.15, 0.2) is 11.6 Å². The van der Waals surface area contributed by atoms with Crippen LogP contribution in [0.2, 0.25) is 0 Å². The van der Waals surface area contributed by atoms with Gasteiger partial charge >= 0.3 is 0 Å². The maximum absolute atomic E-state index is 10.1. The summed E-state index contributed by atoms with van der Waals surface area (Å²) in [6, 6.07) is 9.54. The largest absolute Gasteiger partial charge is 0.504 e. The molecule has 1 N–H and O–H groups in total. The molecule has 0 fully saturated rings. The fourth-order valence-electron chi connectivity index (χ4n) is 1.65. The van der Waals surface area contributed by atoms with Crippen molar-refractivity contribution in [2.24, 2.45) is 0 Å². The molecule has 0 aromatic heterocycles. The number of nitrogens with zero attached hydrogens (tertiary/aromatic N) is 2. The van der Waals surface area contributed by atoms with Gasteiger partial charge in [0, 0.05) is 32.1 Å². The Kier molecular flexibility index (Phi) is 2.37. The van der Waals surface area contributed by atoms with Gasteiger partial charge in [-0.05, 0) is 0 Å². The van der Waals surface area contributed by atoms with Crippen molar-refractivity contribution in [1.29, 1.82) is 0 Å². The number of rotatable bonds is 1. The molecule has 1 aliphatic rings. The van der Waals surface area contributed by atoms with Crippen LogP contribution in [-0.4, -0.2) is 29.0 Å². The summed E-state index contributed by atoms with van der Waals surface area (Å²) in [6.07, 6.45) is 3.82. The van der Waals surface area contributed by atoms with Gasteiger partial charge in [-0.2, -0.15) is 0 Å². The molecule has 0 saturated heterocycles. The summed E-state index contributed by atoms with van der Waals surface area (Å²) in [6.45, 7) is 0. The molecule has 2 rings (SSSR count). The molecule has 15 heavy (non-hydrogen) atoms. The molecular weight excluding hydrogens is 188 g/mol. The number of hydrogen-bond acceptors (Lipinski definition) is 3. The normalized spacial score (nSPS) is 14.9. The average molecular weight is 202 g/mol. The van der Waals surface area contributed by atoms with Crippen LogP contribution in [0.4, 0.5) is 0 Å². The van der Waals surface area contributed by atoms with E-state index in [0.29, 0.717) is 5.76 Å². The number of hydrogen-bond donors (Lipinski definition) is 1.